The summed E-state index contributed by atoms with van der Waals surface area (Å²) in [6, 6.07) is 9.53. The molecule has 0 aliphatic heterocycles. The van der Waals surface area contributed by atoms with Gasteiger partial charge in [-0.25, -0.2) is 18.1 Å². The molecule has 1 amide bonds. The molecule has 1 aromatic carbocycles. The number of rotatable bonds is 6. The first-order valence-electron chi connectivity index (χ1n) is 10.6. The van der Waals surface area contributed by atoms with Crippen molar-refractivity contribution in [1.29, 1.82) is 0 Å². The maximum Gasteiger partial charge on any atom is 0.285 e. The zero-order valence-electron chi connectivity index (χ0n) is 19.4. The lowest BCUT2D eigenvalue weighted by atomic mass is 10.0. The molecule has 1 unspecified atom stereocenters. The maximum absolute atomic E-state index is 13.0. The van der Waals surface area contributed by atoms with Crippen molar-refractivity contribution in [3.8, 4) is 11.3 Å². The summed E-state index contributed by atoms with van der Waals surface area (Å²) in [6.07, 6.45) is 4.58. The van der Waals surface area contributed by atoms with Crippen LogP contribution in [0.15, 0.2) is 58.0 Å². The predicted molar refractivity (Wildman–Crippen MR) is 135 cm³/mol. The van der Waals surface area contributed by atoms with Gasteiger partial charge in [-0.3, -0.25) is 9.59 Å². The highest BCUT2D eigenvalue weighted by Crippen LogP contribution is 2.31. The molecule has 4 rings (SSSR count). The summed E-state index contributed by atoms with van der Waals surface area (Å²) in [5, 5.41) is 3.64. The van der Waals surface area contributed by atoms with Crippen LogP contribution in [0.1, 0.15) is 34.6 Å². The molecule has 0 aliphatic carbocycles. The van der Waals surface area contributed by atoms with Gasteiger partial charge in [-0.1, -0.05) is 17.7 Å². The van der Waals surface area contributed by atoms with Gasteiger partial charge in [0.2, 0.25) is 10.0 Å². The van der Waals surface area contributed by atoms with E-state index in [2.05, 4.69) is 10.3 Å². The molecule has 4 aromatic rings. The number of aromatic nitrogens is 2. The molecule has 0 radical (unpaired) electrons. The third-order valence-corrected chi connectivity index (χ3v) is 6.08. The van der Waals surface area contributed by atoms with E-state index in [4.69, 9.17) is 16.0 Å². The Kier molecular flexibility index (Phi) is 6.44. The number of fused-ring (bicyclic) bond motifs is 1. The van der Waals surface area contributed by atoms with E-state index in [1.807, 2.05) is 54.7 Å². The summed E-state index contributed by atoms with van der Waals surface area (Å²) < 4.78 is 33.1. The van der Waals surface area contributed by atoms with Gasteiger partial charge in [-0.2, -0.15) is 0 Å². The molecule has 0 aliphatic rings. The van der Waals surface area contributed by atoms with E-state index in [9.17, 15) is 18.0 Å². The second-order valence-corrected chi connectivity index (χ2v) is 10.5. The summed E-state index contributed by atoms with van der Waals surface area (Å²) in [5.74, 6) is -0.488. The number of carbonyl (C=O) groups excluding carboxylic acids is 1. The van der Waals surface area contributed by atoms with Gasteiger partial charge < -0.3 is 14.3 Å². The molecule has 11 heteroatoms. The van der Waals surface area contributed by atoms with Gasteiger partial charge in [0, 0.05) is 36.6 Å². The number of anilines is 1. The van der Waals surface area contributed by atoms with Gasteiger partial charge in [0.05, 0.1) is 23.4 Å². The van der Waals surface area contributed by atoms with Crippen LogP contribution in [0, 0.1) is 6.92 Å². The maximum atomic E-state index is 13.0. The number of nitrogens with zero attached hydrogens (tertiary/aromatic N) is 2. The third-order valence-electron chi connectivity index (χ3n) is 5.31. The SMILES string of the molecule is Cc1cc(C(C)Nc2ccc(Cl)nc2C(=O)NS(C)(=O)=O)c2oc(-c3ccn(C)c3)cc(=O)c2c1. The van der Waals surface area contributed by atoms with E-state index in [1.54, 1.807) is 6.07 Å². The number of hydrogen-bond acceptors (Lipinski definition) is 7. The van der Waals surface area contributed by atoms with E-state index < -0.39 is 22.0 Å². The van der Waals surface area contributed by atoms with Crippen LogP contribution in [-0.2, 0) is 17.1 Å². The Morgan fingerprint density at radius 1 is 1.20 bits per heavy atom. The molecular formula is C24H23ClN4O5S. The second kappa shape index (κ2) is 9.20. The minimum atomic E-state index is -3.81. The Morgan fingerprint density at radius 2 is 1.94 bits per heavy atom. The summed E-state index contributed by atoms with van der Waals surface area (Å²) in [5.41, 5.74) is 2.61. The Morgan fingerprint density at radius 3 is 2.60 bits per heavy atom. The standard InChI is InChI=1S/C24H23ClN4O5S/c1-13-9-16(23-17(10-13)19(30)11-20(34-23)15-7-8-29(3)12-15)14(2)26-18-5-6-21(25)27-22(18)24(31)28-35(4,32)33/h5-12,14,26H,1-4H3,(H,28,31). The van der Waals surface area contributed by atoms with Crippen LogP contribution in [0.25, 0.3) is 22.3 Å². The molecule has 0 spiro atoms. The lowest BCUT2D eigenvalue weighted by Crippen LogP contribution is -2.31. The summed E-state index contributed by atoms with van der Waals surface area (Å²) in [4.78, 5) is 29.5. The highest BCUT2D eigenvalue weighted by atomic mass is 35.5. The Labute approximate surface area is 206 Å². The van der Waals surface area contributed by atoms with Crippen molar-refractivity contribution in [2.24, 2.45) is 7.05 Å². The molecule has 1 atom stereocenters. The molecule has 0 fully saturated rings. The van der Waals surface area contributed by atoms with E-state index in [0.717, 1.165) is 17.4 Å². The third kappa shape index (κ3) is 5.39. The van der Waals surface area contributed by atoms with Gasteiger partial charge in [0.15, 0.2) is 11.1 Å². The van der Waals surface area contributed by atoms with Crippen molar-refractivity contribution < 1.29 is 17.6 Å². The van der Waals surface area contributed by atoms with Crippen LogP contribution in [0.2, 0.25) is 5.15 Å². The molecule has 2 N–H and O–H groups in total. The fourth-order valence-corrected chi connectivity index (χ4v) is 4.38. The van der Waals surface area contributed by atoms with Crippen molar-refractivity contribution in [3.63, 3.8) is 0 Å². The van der Waals surface area contributed by atoms with Crippen LogP contribution in [0.5, 0.6) is 0 Å². The molecule has 0 saturated heterocycles. The first-order valence-corrected chi connectivity index (χ1v) is 12.8. The van der Waals surface area contributed by atoms with E-state index in [-0.39, 0.29) is 22.0 Å². The summed E-state index contributed by atoms with van der Waals surface area (Å²) in [6.45, 7) is 3.70. The highest BCUT2D eigenvalue weighted by Gasteiger charge is 2.21. The fourth-order valence-electron chi connectivity index (χ4n) is 3.80. The minimum absolute atomic E-state index is 0.0290. The average molecular weight is 515 g/mol. The van der Waals surface area contributed by atoms with Crippen LogP contribution in [0.3, 0.4) is 0 Å². The van der Waals surface area contributed by atoms with Crippen molar-refractivity contribution >= 4 is 44.2 Å². The first kappa shape index (κ1) is 24.5. The van der Waals surface area contributed by atoms with Crippen LogP contribution < -0.4 is 15.5 Å². The molecule has 0 saturated carbocycles. The minimum Gasteiger partial charge on any atom is -0.455 e. The number of hydrogen-bond donors (Lipinski definition) is 2. The quantitative estimate of drug-likeness (QED) is 0.372. The van der Waals surface area contributed by atoms with E-state index in [1.165, 1.54) is 18.2 Å². The Bertz CT molecular complexity index is 1620. The smallest absolute Gasteiger partial charge is 0.285 e. The van der Waals surface area contributed by atoms with Crippen molar-refractivity contribution in [2.75, 3.05) is 11.6 Å². The monoisotopic (exact) mass is 514 g/mol. The molecule has 182 valence electrons. The summed E-state index contributed by atoms with van der Waals surface area (Å²) >= 11 is 5.96. The molecule has 0 bridgehead atoms. The van der Waals surface area contributed by atoms with Crippen LogP contribution >= 0.6 is 11.6 Å². The summed E-state index contributed by atoms with van der Waals surface area (Å²) in [7, 11) is -1.94. The normalized spacial score (nSPS) is 12.5. The zero-order chi connectivity index (χ0) is 25.5. The molecule has 3 heterocycles. The number of pyridine rings is 1. The van der Waals surface area contributed by atoms with Crippen LogP contribution in [-0.4, -0.2) is 30.1 Å². The predicted octanol–water partition coefficient (Wildman–Crippen LogP) is 4.02. The fraction of sp³-hybridized carbons (Fsp3) is 0.208. The number of amides is 1. The second-order valence-electron chi connectivity index (χ2n) is 8.37. The number of sulfonamides is 1. The number of carbonyl (C=O) groups is 1. The number of benzene rings is 1. The van der Waals surface area contributed by atoms with Crippen molar-refractivity contribution in [1.82, 2.24) is 14.3 Å². The van der Waals surface area contributed by atoms with Gasteiger partial charge >= 0.3 is 0 Å². The number of nitrogens with one attached hydrogen (secondary N) is 2. The van der Waals surface area contributed by atoms with Gasteiger partial charge in [-0.15, -0.1) is 0 Å². The molecular weight excluding hydrogens is 492 g/mol. The Balaban J connectivity index is 1.80. The number of aryl methyl sites for hydroxylation is 2. The highest BCUT2D eigenvalue weighted by molar-refractivity contribution is 7.89. The first-order chi connectivity index (χ1) is 16.4. The lowest BCUT2D eigenvalue weighted by Gasteiger charge is -2.19. The van der Waals surface area contributed by atoms with Crippen molar-refractivity contribution in [3.05, 3.63) is 81.0 Å². The number of halogens is 1. The van der Waals surface area contributed by atoms with Gasteiger partial charge in [0.1, 0.15) is 16.5 Å². The van der Waals surface area contributed by atoms with Gasteiger partial charge in [0.25, 0.3) is 5.91 Å². The zero-order valence-corrected chi connectivity index (χ0v) is 21.0. The topological polar surface area (TPSA) is 123 Å². The lowest BCUT2D eigenvalue weighted by molar-refractivity contribution is 0.0977. The van der Waals surface area contributed by atoms with E-state index in [0.29, 0.717) is 22.3 Å². The van der Waals surface area contributed by atoms with Crippen molar-refractivity contribution in [2.45, 2.75) is 19.9 Å². The van der Waals surface area contributed by atoms with Crippen LogP contribution in [0.4, 0.5) is 5.69 Å². The molecule has 9 nitrogen and oxygen atoms in total. The largest absolute Gasteiger partial charge is 0.455 e. The molecule has 3 aromatic heterocycles. The van der Waals surface area contributed by atoms with Gasteiger partial charge in [-0.05, 0) is 43.7 Å². The average Bonchev–Trinajstić information content (AvgIpc) is 3.20. The Hall–Kier alpha value is -3.63. The molecule has 35 heavy (non-hydrogen) atoms. The van der Waals surface area contributed by atoms with E-state index >= 15 is 0 Å².